The van der Waals surface area contributed by atoms with E-state index in [9.17, 15) is 10.1 Å². The normalized spacial score (nSPS) is 18.3. The molecule has 1 aromatic heterocycles. The van der Waals surface area contributed by atoms with Crippen LogP contribution in [0.25, 0.3) is 0 Å². The third kappa shape index (κ3) is 3.18. The van der Waals surface area contributed by atoms with E-state index in [-0.39, 0.29) is 5.82 Å². The third-order valence-corrected chi connectivity index (χ3v) is 3.71. The summed E-state index contributed by atoms with van der Waals surface area (Å²) in [6.07, 6.45) is 7.98. The number of rotatable bonds is 4. The maximum absolute atomic E-state index is 10.5. The van der Waals surface area contributed by atoms with Crippen LogP contribution in [0.1, 0.15) is 39.0 Å². The molecule has 1 aromatic rings. The Kier molecular flexibility index (Phi) is 3.79. The monoisotopic (exact) mass is 249 g/mol. The molecule has 0 saturated heterocycles. The Morgan fingerprint density at radius 2 is 2.11 bits per heavy atom. The molecule has 0 radical (unpaired) electrons. The van der Waals surface area contributed by atoms with Crippen molar-refractivity contribution >= 4 is 11.5 Å². The fourth-order valence-electron chi connectivity index (χ4n) is 2.50. The van der Waals surface area contributed by atoms with Gasteiger partial charge in [0, 0.05) is 12.6 Å². The van der Waals surface area contributed by atoms with Gasteiger partial charge in [-0.05, 0) is 34.2 Å². The highest BCUT2D eigenvalue weighted by Gasteiger charge is 2.26. The molecule has 0 bridgehead atoms. The van der Waals surface area contributed by atoms with E-state index in [0.717, 1.165) is 12.2 Å². The van der Waals surface area contributed by atoms with Crippen LogP contribution >= 0.6 is 0 Å². The van der Waals surface area contributed by atoms with Gasteiger partial charge in [-0.15, -0.1) is 0 Å². The van der Waals surface area contributed by atoms with Crippen molar-refractivity contribution in [2.75, 3.05) is 11.9 Å². The summed E-state index contributed by atoms with van der Waals surface area (Å²) in [5.74, 6) is -0.107. The fraction of sp³-hybridized carbons (Fsp3) is 0.615. The Morgan fingerprint density at radius 3 is 2.67 bits per heavy atom. The maximum atomic E-state index is 10.5. The Balaban J connectivity index is 1.91. The second-order valence-corrected chi connectivity index (χ2v) is 5.39. The van der Waals surface area contributed by atoms with Gasteiger partial charge in [0.15, 0.2) is 6.20 Å². The molecule has 1 aliphatic carbocycles. The van der Waals surface area contributed by atoms with Crippen molar-refractivity contribution in [1.29, 1.82) is 0 Å². The zero-order valence-electron chi connectivity index (χ0n) is 10.7. The smallest absolute Gasteiger partial charge is 0.363 e. The standard InChI is InChI=1S/C13H19N3O2/c1-13(7-3-2-4-8-13)10-15-11-5-6-12(14-9-11)16(17)18/h5-6,9,15H,2-4,7-8,10H2,1H3. The highest BCUT2D eigenvalue weighted by Crippen LogP contribution is 2.35. The van der Waals surface area contributed by atoms with Gasteiger partial charge in [0.25, 0.3) is 0 Å². The van der Waals surface area contributed by atoms with Gasteiger partial charge in [0.05, 0.1) is 5.69 Å². The van der Waals surface area contributed by atoms with E-state index in [4.69, 9.17) is 0 Å². The van der Waals surface area contributed by atoms with Crippen LogP contribution in [-0.4, -0.2) is 16.5 Å². The second kappa shape index (κ2) is 5.33. The van der Waals surface area contributed by atoms with E-state index in [2.05, 4.69) is 17.2 Å². The van der Waals surface area contributed by atoms with E-state index >= 15 is 0 Å². The molecule has 0 amide bonds. The molecular weight excluding hydrogens is 230 g/mol. The molecule has 98 valence electrons. The molecule has 1 N–H and O–H groups in total. The summed E-state index contributed by atoms with van der Waals surface area (Å²) in [5.41, 5.74) is 1.20. The molecular formula is C13H19N3O2. The van der Waals surface area contributed by atoms with Crippen LogP contribution in [0.4, 0.5) is 11.5 Å². The van der Waals surface area contributed by atoms with Crippen molar-refractivity contribution in [3.63, 3.8) is 0 Å². The first-order valence-corrected chi connectivity index (χ1v) is 6.43. The molecule has 5 nitrogen and oxygen atoms in total. The first-order valence-electron chi connectivity index (χ1n) is 6.43. The van der Waals surface area contributed by atoms with Gasteiger partial charge in [-0.1, -0.05) is 26.2 Å². The van der Waals surface area contributed by atoms with Crippen LogP contribution in [0.3, 0.4) is 0 Å². The summed E-state index contributed by atoms with van der Waals surface area (Å²) >= 11 is 0. The lowest BCUT2D eigenvalue weighted by atomic mass is 9.76. The average Bonchev–Trinajstić information content (AvgIpc) is 2.38. The number of nitrogens with zero attached hydrogens (tertiary/aromatic N) is 2. The molecule has 5 heteroatoms. The zero-order valence-corrected chi connectivity index (χ0v) is 10.7. The van der Waals surface area contributed by atoms with Crippen molar-refractivity contribution < 1.29 is 4.92 Å². The minimum Gasteiger partial charge on any atom is -0.381 e. The first-order chi connectivity index (χ1) is 8.59. The van der Waals surface area contributed by atoms with Crippen LogP contribution in [0, 0.1) is 15.5 Å². The number of nitro groups is 1. The molecule has 0 unspecified atom stereocenters. The highest BCUT2D eigenvalue weighted by atomic mass is 16.6. The van der Waals surface area contributed by atoms with Crippen molar-refractivity contribution in [3.05, 3.63) is 28.4 Å². The molecule has 1 heterocycles. The lowest BCUT2D eigenvalue weighted by Crippen LogP contribution is -2.28. The van der Waals surface area contributed by atoms with Gasteiger partial charge in [-0.25, -0.2) is 0 Å². The van der Waals surface area contributed by atoms with Crippen LogP contribution in [-0.2, 0) is 0 Å². The number of aromatic nitrogens is 1. The van der Waals surface area contributed by atoms with Crippen molar-refractivity contribution in [3.8, 4) is 0 Å². The lowest BCUT2D eigenvalue weighted by molar-refractivity contribution is -0.389. The van der Waals surface area contributed by atoms with E-state index in [1.807, 2.05) is 0 Å². The summed E-state index contributed by atoms with van der Waals surface area (Å²) in [6.45, 7) is 3.21. The van der Waals surface area contributed by atoms with Crippen molar-refractivity contribution in [2.45, 2.75) is 39.0 Å². The molecule has 0 aromatic carbocycles. The number of anilines is 1. The average molecular weight is 249 g/mol. The number of hydrogen-bond acceptors (Lipinski definition) is 4. The Morgan fingerprint density at radius 1 is 1.39 bits per heavy atom. The van der Waals surface area contributed by atoms with Crippen LogP contribution < -0.4 is 5.32 Å². The summed E-state index contributed by atoms with van der Waals surface area (Å²) in [4.78, 5) is 13.8. The number of pyridine rings is 1. The predicted molar refractivity (Wildman–Crippen MR) is 70.6 cm³/mol. The molecule has 0 aliphatic heterocycles. The Bertz CT molecular complexity index is 411. The van der Waals surface area contributed by atoms with E-state index in [1.165, 1.54) is 44.4 Å². The molecule has 0 spiro atoms. The largest absolute Gasteiger partial charge is 0.381 e. The third-order valence-electron chi connectivity index (χ3n) is 3.71. The summed E-state index contributed by atoms with van der Waals surface area (Å²) in [7, 11) is 0. The van der Waals surface area contributed by atoms with E-state index in [1.54, 1.807) is 6.07 Å². The number of nitrogens with one attached hydrogen (secondary N) is 1. The lowest BCUT2D eigenvalue weighted by Gasteiger charge is -2.33. The SMILES string of the molecule is CC1(CNc2ccc([N+](=O)[O-])nc2)CCCCC1. The quantitative estimate of drug-likeness (QED) is 0.656. The maximum Gasteiger partial charge on any atom is 0.363 e. The summed E-state index contributed by atoms with van der Waals surface area (Å²) in [6, 6.07) is 3.16. The Labute approximate surface area is 107 Å². The van der Waals surface area contributed by atoms with Gasteiger partial charge in [0.1, 0.15) is 0 Å². The summed E-state index contributed by atoms with van der Waals surface area (Å²) < 4.78 is 0. The van der Waals surface area contributed by atoms with Crippen LogP contribution in [0.5, 0.6) is 0 Å². The van der Waals surface area contributed by atoms with Gasteiger partial charge in [-0.2, -0.15) is 0 Å². The molecule has 1 fully saturated rings. The Hall–Kier alpha value is -1.65. The van der Waals surface area contributed by atoms with Crippen LogP contribution in [0.15, 0.2) is 18.3 Å². The van der Waals surface area contributed by atoms with E-state index in [0.29, 0.717) is 5.41 Å². The summed E-state index contributed by atoms with van der Waals surface area (Å²) in [5, 5.41) is 13.8. The first kappa shape index (κ1) is 12.8. The van der Waals surface area contributed by atoms with Gasteiger partial charge >= 0.3 is 5.82 Å². The van der Waals surface area contributed by atoms with Crippen molar-refractivity contribution in [2.24, 2.45) is 5.41 Å². The highest BCUT2D eigenvalue weighted by molar-refractivity contribution is 5.43. The predicted octanol–water partition coefficient (Wildman–Crippen LogP) is 3.37. The van der Waals surface area contributed by atoms with Gasteiger partial charge in [0.2, 0.25) is 0 Å². The van der Waals surface area contributed by atoms with Crippen LogP contribution in [0.2, 0.25) is 0 Å². The molecule has 0 atom stereocenters. The topological polar surface area (TPSA) is 68.1 Å². The van der Waals surface area contributed by atoms with Crippen molar-refractivity contribution in [1.82, 2.24) is 4.98 Å². The number of hydrogen-bond donors (Lipinski definition) is 1. The molecule has 1 saturated carbocycles. The van der Waals surface area contributed by atoms with Gasteiger partial charge in [-0.3, -0.25) is 0 Å². The fourth-order valence-corrected chi connectivity index (χ4v) is 2.50. The van der Waals surface area contributed by atoms with Gasteiger partial charge < -0.3 is 15.4 Å². The minimum absolute atomic E-state index is 0.107. The molecule has 18 heavy (non-hydrogen) atoms. The second-order valence-electron chi connectivity index (χ2n) is 5.39. The minimum atomic E-state index is -0.480. The zero-order chi connectivity index (χ0) is 13.0. The molecule has 1 aliphatic rings. The van der Waals surface area contributed by atoms with E-state index < -0.39 is 4.92 Å². The molecule has 2 rings (SSSR count).